The van der Waals surface area contributed by atoms with Gasteiger partial charge in [0.05, 0.1) is 18.1 Å². The van der Waals surface area contributed by atoms with E-state index in [-0.39, 0.29) is 0 Å². The molecule has 0 saturated heterocycles. The first-order chi connectivity index (χ1) is 6.52. The van der Waals surface area contributed by atoms with Crippen LogP contribution in [0, 0.1) is 0 Å². The number of rotatable bonds is 2. The topological polar surface area (TPSA) is 29.5 Å². The molecule has 2 nitrogen and oxygen atoms in total. The van der Waals surface area contributed by atoms with E-state index in [2.05, 4.69) is 17.9 Å². The van der Waals surface area contributed by atoms with Gasteiger partial charge in [0.1, 0.15) is 0 Å². The minimum absolute atomic E-state index is 0.598. The highest BCUT2D eigenvalue weighted by Gasteiger charge is 2.16. The van der Waals surface area contributed by atoms with Crippen LogP contribution in [0.15, 0.2) is 49.5 Å². The first kappa shape index (κ1) is 12.7. The van der Waals surface area contributed by atoms with Gasteiger partial charge in [-0.2, -0.15) is 0 Å². The van der Waals surface area contributed by atoms with Gasteiger partial charge in [-0.05, 0) is 20.3 Å². The molecule has 0 amide bonds. The Morgan fingerprint density at radius 2 is 2.07 bits per heavy atom. The fourth-order valence-electron chi connectivity index (χ4n) is 0.883. The fourth-order valence-corrected chi connectivity index (χ4v) is 0.883. The Kier molecular flexibility index (Phi) is 5.65. The molecule has 0 saturated carbocycles. The van der Waals surface area contributed by atoms with Gasteiger partial charge < -0.3 is 9.84 Å². The number of aliphatic hydroxyl groups is 1. The summed E-state index contributed by atoms with van der Waals surface area (Å²) in [6, 6.07) is 0. The standard InChI is InChI=1S/C8H12O.C4H6O/c1-7-3-5-8(2,9)6-4-7;1-3-5-4-2/h3-5,9H,6H2,1-2H3;3-4H,1-2H2. The van der Waals surface area contributed by atoms with E-state index in [4.69, 9.17) is 0 Å². The third-order valence-corrected chi connectivity index (χ3v) is 1.74. The van der Waals surface area contributed by atoms with E-state index < -0.39 is 5.60 Å². The minimum atomic E-state index is -0.598. The molecular weight excluding hydrogens is 176 g/mol. The fraction of sp³-hybridized carbons (Fsp3) is 0.333. The second kappa shape index (κ2) is 6.22. The van der Waals surface area contributed by atoms with Crippen LogP contribution in [0.4, 0.5) is 0 Å². The average Bonchev–Trinajstić information content (AvgIpc) is 2.13. The Bertz CT molecular complexity index is 241. The largest absolute Gasteiger partial charge is 0.474 e. The van der Waals surface area contributed by atoms with E-state index in [1.807, 2.05) is 32.1 Å². The lowest BCUT2D eigenvalue weighted by Crippen LogP contribution is -2.21. The normalized spacial score (nSPS) is 24.1. The smallest absolute Gasteiger partial charge is 0.0837 e. The maximum absolute atomic E-state index is 9.36. The molecule has 78 valence electrons. The molecule has 0 aliphatic heterocycles. The van der Waals surface area contributed by atoms with E-state index in [9.17, 15) is 5.11 Å². The van der Waals surface area contributed by atoms with Crippen molar-refractivity contribution in [2.45, 2.75) is 25.9 Å². The number of hydrogen-bond acceptors (Lipinski definition) is 2. The Labute approximate surface area is 85.9 Å². The van der Waals surface area contributed by atoms with E-state index in [0.29, 0.717) is 0 Å². The highest BCUT2D eigenvalue weighted by atomic mass is 16.5. The molecule has 1 aliphatic rings. The second-order valence-corrected chi connectivity index (χ2v) is 3.31. The van der Waals surface area contributed by atoms with Crippen molar-refractivity contribution in [1.29, 1.82) is 0 Å². The van der Waals surface area contributed by atoms with Crippen molar-refractivity contribution in [2.24, 2.45) is 0 Å². The average molecular weight is 194 g/mol. The van der Waals surface area contributed by atoms with Gasteiger partial charge in [-0.15, -0.1) is 0 Å². The molecule has 0 fully saturated rings. The SMILES string of the molecule is C=COC=C.CC1=CCC(C)(O)C=C1. The van der Waals surface area contributed by atoms with E-state index in [1.54, 1.807) is 0 Å². The van der Waals surface area contributed by atoms with E-state index in [0.717, 1.165) is 6.42 Å². The maximum Gasteiger partial charge on any atom is 0.0837 e. The third-order valence-electron chi connectivity index (χ3n) is 1.74. The van der Waals surface area contributed by atoms with Crippen molar-refractivity contribution in [1.82, 2.24) is 0 Å². The molecule has 1 atom stereocenters. The van der Waals surface area contributed by atoms with Crippen molar-refractivity contribution in [2.75, 3.05) is 0 Å². The van der Waals surface area contributed by atoms with E-state index >= 15 is 0 Å². The molecule has 0 spiro atoms. The minimum Gasteiger partial charge on any atom is -0.474 e. The summed E-state index contributed by atoms with van der Waals surface area (Å²) >= 11 is 0. The summed E-state index contributed by atoms with van der Waals surface area (Å²) in [6.07, 6.45) is 9.20. The van der Waals surface area contributed by atoms with Crippen molar-refractivity contribution in [3.05, 3.63) is 49.5 Å². The van der Waals surface area contributed by atoms with Gasteiger partial charge in [-0.25, -0.2) is 0 Å². The van der Waals surface area contributed by atoms with Gasteiger partial charge >= 0.3 is 0 Å². The summed E-state index contributed by atoms with van der Waals surface area (Å²) in [7, 11) is 0. The zero-order chi connectivity index (χ0) is 11.0. The highest BCUT2D eigenvalue weighted by Crippen LogP contribution is 2.18. The predicted molar refractivity (Wildman–Crippen MR) is 59.6 cm³/mol. The Hall–Kier alpha value is -1.28. The summed E-state index contributed by atoms with van der Waals surface area (Å²) in [4.78, 5) is 0. The number of allylic oxidation sites excluding steroid dienone is 2. The van der Waals surface area contributed by atoms with Crippen molar-refractivity contribution in [3.63, 3.8) is 0 Å². The molecule has 1 N–H and O–H groups in total. The molecule has 0 aromatic carbocycles. The molecule has 0 radical (unpaired) electrons. The molecular formula is C12H18O2. The van der Waals surface area contributed by atoms with Crippen LogP contribution >= 0.6 is 0 Å². The van der Waals surface area contributed by atoms with Crippen LogP contribution in [-0.4, -0.2) is 10.7 Å². The van der Waals surface area contributed by atoms with Gasteiger partial charge in [0.15, 0.2) is 0 Å². The van der Waals surface area contributed by atoms with Crippen molar-refractivity contribution in [3.8, 4) is 0 Å². The predicted octanol–water partition coefficient (Wildman–Crippen LogP) is 2.93. The first-order valence-electron chi connectivity index (χ1n) is 4.47. The monoisotopic (exact) mass is 194 g/mol. The van der Waals surface area contributed by atoms with Crippen LogP contribution in [0.1, 0.15) is 20.3 Å². The summed E-state index contributed by atoms with van der Waals surface area (Å²) < 4.78 is 4.36. The summed E-state index contributed by atoms with van der Waals surface area (Å²) in [5, 5.41) is 9.36. The third kappa shape index (κ3) is 6.26. The molecule has 1 rings (SSSR count). The first-order valence-corrected chi connectivity index (χ1v) is 4.47. The van der Waals surface area contributed by atoms with Crippen LogP contribution in [-0.2, 0) is 4.74 Å². The number of hydrogen-bond donors (Lipinski definition) is 1. The van der Waals surface area contributed by atoms with Crippen LogP contribution in [0.2, 0.25) is 0 Å². The van der Waals surface area contributed by atoms with Gasteiger partial charge in [0.2, 0.25) is 0 Å². The van der Waals surface area contributed by atoms with Gasteiger partial charge in [0, 0.05) is 0 Å². The second-order valence-electron chi connectivity index (χ2n) is 3.31. The van der Waals surface area contributed by atoms with E-state index in [1.165, 1.54) is 18.1 Å². The van der Waals surface area contributed by atoms with Gasteiger partial charge in [-0.3, -0.25) is 0 Å². The Morgan fingerprint density at radius 1 is 1.50 bits per heavy atom. The molecule has 0 heterocycles. The molecule has 14 heavy (non-hydrogen) atoms. The van der Waals surface area contributed by atoms with Crippen LogP contribution in [0.5, 0.6) is 0 Å². The van der Waals surface area contributed by atoms with Crippen molar-refractivity contribution >= 4 is 0 Å². The lowest BCUT2D eigenvalue weighted by Gasteiger charge is -2.19. The molecule has 2 heteroatoms. The molecule has 1 aliphatic carbocycles. The highest BCUT2D eigenvalue weighted by molar-refractivity contribution is 5.24. The van der Waals surface area contributed by atoms with Crippen LogP contribution in [0.3, 0.4) is 0 Å². The lowest BCUT2D eigenvalue weighted by molar-refractivity contribution is 0.113. The summed E-state index contributed by atoms with van der Waals surface area (Å²) in [5.41, 5.74) is 0.640. The summed E-state index contributed by atoms with van der Waals surface area (Å²) in [5.74, 6) is 0. The quantitative estimate of drug-likeness (QED) is 0.685. The van der Waals surface area contributed by atoms with Crippen LogP contribution < -0.4 is 0 Å². The Morgan fingerprint density at radius 3 is 2.29 bits per heavy atom. The Balaban J connectivity index is 0.000000292. The molecule has 1 unspecified atom stereocenters. The van der Waals surface area contributed by atoms with Crippen LogP contribution in [0.25, 0.3) is 0 Å². The summed E-state index contributed by atoms with van der Waals surface area (Å²) in [6.45, 7) is 10.4. The zero-order valence-corrected chi connectivity index (χ0v) is 8.86. The van der Waals surface area contributed by atoms with Gasteiger partial charge in [-0.1, -0.05) is 37.0 Å². The van der Waals surface area contributed by atoms with Crippen molar-refractivity contribution < 1.29 is 9.84 Å². The maximum atomic E-state index is 9.36. The van der Waals surface area contributed by atoms with Gasteiger partial charge in [0.25, 0.3) is 0 Å². The lowest BCUT2D eigenvalue weighted by atomic mass is 9.95. The molecule has 0 aromatic rings. The number of ether oxygens (including phenoxy) is 1. The zero-order valence-electron chi connectivity index (χ0n) is 8.86. The molecule has 0 aromatic heterocycles. The molecule has 0 bridgehead atoms.